The van der Waals surface area contributed by atoms with Gasteiger partial charge in [-0.25, -0.2) is 18.7 Å². The monoisotopic (exact) mass is 447 g/mol. The molecule has 0 aliphatic carbocycles. The maximum absolute atomic E-state index is 15.2. The number of rotatable bonds is 4. The van der Waals surface area contributed by atoms with E-state index in [1.54, 1.807) is 30.3 Å². The maximum atomic E-state index is 15.2. The first-order chi connectivity index (χ1) is 15.9. The van der Waals surface area contributed by atoms with Gasteiger partial charge in [0.1, 0.15) is 11.3 Å². The van der Waals surface area contributed by atoms with E-state index < -0.39 is 17.7 Å². The van der Waals surface area contributed by atoms with Gasteiger partial charge in [0.2, 0.25) is 0 Å². The molecule has 2 heterocycles. The molecule has 0 spiro atoms. The molecule has 5 aromatic rings. The van der Waals surface area contributed by atoms with Crippen molar-refractivity contribution in [1.82, 2.24) is 20.2 Å². The van der Waals surface area contributed by atoms with Gasteiger partial charge in [-0.05, 0) is 35.9 Å². The van der Waals surface area contributed by atoms with Crippen LogP contribution in [0.15, 0.2) is 59.4 Å². The van der Waals surface area contributed by atoms with Crippen LogP contribution in [0.5, 0.6) is 6.01 Å². The van der Waals surface area contributed by atoms with Gasteiger partial charge in [-0.2, -0.15) is 10.1 Å². The van der Waals surface area contributed by atoms with E-state index in [9.17, 15) is 14.0 Å². The lowest BCUT2D eigenvalue weighted by molar-refractivity contribution is 0.207. The Labute approximate surface area is 184 Å². The van der Waals surface area contributed by atoms with E-state index in [0.717, 1.165) is 0 Å². The average molecular weight is 447 g/mol. The lowest BCUT2D eigenvalue weighted by Gasteiger charge is -2.09. The van der Waals surface area contributed by atoms with E-state index in [2.05, 4.69) is 24.9 Å². The Morgan fingerprint density at radius 1 is 1.03 bits per heavy atom. The second-order valence-corrected chi connectivity index (χ2v) is 7.32. The molecule has 4 N–H and O–H groups in total. The number of hydrogen-bond donors (Lipinski definition) is 3. The zero-order valence-electron chi connectivity index (χ0n) is 16.9. The fraction of sp³-hybridized carbons (Fsp3) is 0.0435. The summed E-state index contributed by atoms with van der Waals surface area (Å²) in [6.45, 7) is 0. The Balaban J connectivity index is 1.57. The van der Waals surface area contributed by atoms with E-state index in [0.29, 0.717) is 22.0 Å². The van der Waals surface area contributed by atoms with Crippen LogP contribution in [-0.2, 0) is 6.42 Å². The summed E-state index contributed by atoms with van der Waals surface area (Å²) in [4.78, 5) is 29.4. The molecule has 0 fully saturated rings. The first kappa shape index (κ1) is 20.3. The van der Waals surface area contributed by atoms with Crippen molar-refractivity contribution < 1.29 is 18.3 Å². The molecule has 0 atom stereocenters. The lowest BCUT2D eigenvalue weighted by atomic mass is 9.98. The van der Waals surface area contributed by atoms with E-state index >= 15 is 4.39 Å². The van der Waals surface area contributed by atoms with Crippen LogP contribution < -0.4 is 16.0 Å². The average Bonchev–Trinajstić information content (AvgIpc) is 3.20. The Hall–Kier alpha value is -4.60. The van der Waals surface area contributed by atoms with Crippen LogP contribution >= 0.6 is 0 Å². The summed E-state index contributed by atoms with van der Waals surface area (Å²) < 4.78 is 34.6. The van der Waals surface area contributed by atoms with Gasteiger partial charge in [0.25, 0.3) is 5.56 Å². The van der Waals surface area contributed by atoms with E-state index in [4.69, 9.17) is 5.73 Å². The standard InChI is InChI=1S/C23H15F2N5O3/c24-16-7-5-11(10-18-12-3-1-2-4-14(12)21(31)30-29-18)9-15(16)13-6-8-17-20(19(13)25)28-23(27-17)33-22(26)32/h1-9H,10H2,(H2,26,32)(H,27,28)(H,30,31). The van der Waals surface area contributed by atoms with Gasteiger partial charge >= 0.3 is 12.1 Å². The predicted octanol–water partition coefficient (Wildman–Crippen LogP) is 3.79. The van der Waals surface area contributed by atoms with Crippen LogP contribution in [0.1, 0.15) is 11.3 Å². The second-order valence-electron chi connectivity index (χ2n) is 7.32. The lowest BCUT2D eigenvalue weighted by Crippen LogP contribution is -2.16. The minimum atomic E-state index is -1.10. The van der Waals surface area contributed by atoms with Crippen molar-refractivity contribution in [3.05, 3.63) is 87.8 Å². The molecule has 0 bridgehead atoms. The summed E-state index contributed by atoms with van der Waals surface area (Å²) in [7, 11) is 0. The zero-order valence-corrected chi connectivity index (χ0v) is 16.9. The number of aromatic amines is 2. The smallest absolute Gasteiger partial charge is 0.376 e. The van der Waals surface area contributed by atoms with E-state index in [1.165, 1.54) is 24.3 Å². The van der Waals surface area contributed by atoms with E-state index in [1.807, 2.05) is 0 Å². The molecule has 0 unspecified atom stereocenters. The quantitative estimate of drug-likeness (QED) is 0.386. The highest BCUT2D eigenvalue weighted by atomic mass is 19.1. The van der Waals surface area contributed by atoms with Crippen LogP contribution in [0, 0.1) is 11.6 Å². The van der Waals surface area contributed by atoms with Gasteiger partial charge in [-0.1, -0.05) is 24.3 Å². The van der Waals surface area contributed by atoms with Crippen LogP contribution in [0.25, 0.3) is 32.9 Å². The van der Waals surface area contributed by atoms with Gasteiger partial charge in [0.05, 0.1) is 16.6 Å². The first-order valence-electron chi connectivity index (χ1n) is 9.81. The summed E-state index contributed by atoms with van der Waals surface area (Å²) in [6, 6.07) is 14.0. The number of amides is 1. The summed E-state index contributed by atoms with van der Waals surface area (Å²) in [5.41, 5.74) is 6.06. The molecule has 5 rings (SSSR count). The number of carbonyl (C=O) groups is 1. The molecule has 0 saturated heterocycles. The highest BCUT2D eigenvalue weighted by Gasteiger charge is 2.18. The highest BCUT2D eigenvalue weighted by molar-refractivity contribution is 5.85. The highest BCUT2D eigenvalue weighted by Crippen LogP contribution is 2.32. The molecular weight excluding hydrogens is 432 g/mol. The van der Waals surface area contributed by atoms with Gasteiger partial charge in [0, 0.05) is 22.9 Å². The van der Waals surface area contributed by atoms with E-state index in [-0.39, 0.29) is 40.2 Å². The van der Waals surface area contributed by atoms with Crippen LogP contribution in [-0.4, -0.2) is 26.3 Å². The van der Waals surface area contributed by atoms with Crippen molar-refractivity contribution in [1.29, 1.82) is 0 Å². The Bertz CT molecular complexity index is 1610. The van der Waals surface area contributed by atoms with Crippen molar-refractivity contribution in [3.63, 3.8) is 0 Å². The number of ether oxygens (including phenoxy) is 1. The normalized spacial score (nSPS) is 11.2. The number of nitrogens with one attached hydrogen (secondary N) is 2. The minimum absolute atomic E-state index is 0.0155. The number of benzene rings is 3. The number of halogens is 2. The second kappa shape index (κ2) is 7.83. The largest absolute Gasteiger partial charge is 0.412 e. The molecule has 164 valence electrons. The molecule has 2 aromatic heterocycles. The summed E-state index contributed by atoms with van der Waals surface area (Å²) >= 11 is 0. The van der Waals surface area contributed by atoms with Crippen molar-refractivity contribution >= 4 is 27.9 Å². The first-order valence-corrected chi connectivity index (χ1v) is 9.81. The van der Waals surface area contributed by atoms with Crippen LogP contribution in [0.3, 0.4) is 0 Å². The molecule has 1 amide bonds. The third-order valence-electron chi connectivity index (χ3n) is 5.24. The fourth-order valence-corrected chi connectivity index (χ4v) is 3.76. The summed E-state index contributed by atoms with van der Waals surface area (Å²) in [5.74, 6) is -1.41. The molecule has 3 aromatic carbocycles. The number of nitrogens with two attached hydrogens (primary N) is 1. The minimum Gasteiger partial charge on any atom is -0.376 e. The molecule has 0 aliphatic rings. The molecule has 0 aliphatic heterocycles. The summed E-state index contributed by atoms with van der Waals surface area (Å²) in [6.07, 6.45) is -0.815. The SMILES string of the molecule is NC(=O)Oc1nc2c(F)c(-c3cc(Cc4n[nH]c(=O)c5ccccc45)ccc3F)ccc2[nH]1. The Morgan fingerprint density at radius 2 is 1.82 bits per heavy atom. The topological polar surface area (TPSA) is 127 Å². The fourth-order valence-electron chi connectivity index (χ4n) is 3.76. The summed E-state index contributed by atoms with van der Waals surface area (Å²) in [5, 5.41) is 7.78. The molecule has 10 heteroatoms. The molecule has 0 saturated carbocycles. The number of fused-ring (bicyclic) bond motifs is 2. The molecule has 8 nitrogen and oxygen atoms in total. The van der Waals surface area contributed by atoms with Crippen molar-refractivity contribution in [2.75, 3.05) is 0 Å². The van der Waals surface area contributed by atoms with Crippen molar-refractivity contribution in [3.8, 4) is 17.1 Å². The number of primary amides is 1. The number of nitrogens with zero attached hydrogens (tertiary/aromatic N) is 2. The number of hydrogen-bond acceptors (Lipinski definition) is 5. The number of carbonyl (C=O) groups excluding carboxylic acids is 1. The number of H-pyrrole nitrogens is 2. The Kier molecular flexibility index (Phi) is 4.82. The Morgan fingerprint density at radius 3 is 2.61 bits per heavy atom. The molecule has 33 heavy (non-hydrogen) atoms. The number of aromatic nitrogens is 4. The van der Waals surface area contributed by atoms with Crippen LogP contribution in [0.4, 0.5) is 13.6 Å². The predicted molar refractivity (Wildman–Crippen MR) is 117 cm³/mol. The third-order valence-corrected chi connectivity index (χ3v) is 5.24. The van der Waals surface area contributed by atoms with Gasteiger partial charge < -0.3 is 15.5 Å². The van der Waals surface area contributed by atoms with Gasteiger partial charge in [-0.3, -0.25) is 4.79 Å². The van der Waals surface area contributed by atoms with Crippen molar-refractivity contribution in [2.24, 2.45) is 5.73 Å². The maximum Gasteiger partial charge on any atom is 0.412 e. The zero-order chi connectivity index (χ0) is 23.1. The molecular formula is C23H15F2N5O3. The van der Waals surface area contributed by atoms with Gasteiger partial charge in [-0.15, -0.1) is 0 Å². The molecule has 0 radical (unpaired) electrons. The van der Waals surface area contributed by atoms with Crippen LogP contribution in [0.2, 0.25) is 0 Å². The van der Waals surface area contributed by atoms with Gasteiger partial charge in [0.15, 0.2) is 5.82 Å². The third kappa shape index (κ3) is 3.67. The van der Waals surface area contributed by atoms with Crippen molar-refractivity contribution in [2.45, 2.75) is 6.42 Å². The number of imidazole rings is 1.